The number of anilines is 1. The van der Waals surface area contributed by atoms with Crippen LogP contribution in [0.2, 0.25) is 0 Å². The van der Waals surface area contributed by atoms with Gasteiger partial charge in [-0.1, -0.05) is 0 Å². The van der Waals surface area contributed by atoms with Gasteiger partial charge in [-0.25, -0.2) is 0 Å². The van der Waals surface area contributed by atoms with Crippen molar-refractivity contribution in [1.29, 1.82) is 0 Å². The van der Waals surface area contributed by atoms with Gasteiger partial charge in [0.1, 0.15) is 0 Å². The molecule has 0 unspecified atom stereocenters. The van der Waals surface area contributed by atoms with E-state index in [-0.39, 0.29) is 11.4 Å². The molecule has 1 saturated heterocycles. The molecule has 8 heteroatoms. The molecular weight excluding hydrogens is 318 g/mol. The molecule has 1 aromatic rings. The minimum absolute atomic E-state index is 0.116. The van der Waals surface area contributed by atoms with Crippen LogP contribution in [0.15, 0.2) is 15.7 Å². The van der Waals surface area contributed by atoms with Crippen LogP contribution >= 0.6 is 15.9 Å². The Kier molecular flexibility index (Phi) is 4.11. The van der Waals surface area contributed by atoms with Gasteiger partial charge in [0.15, 0.2) is 5.69 Å². The second kappa shape index (κ2) is 5.62. The van der Waals surface area contributed by atoms with Gasteiger partial charge in [-0.2, -0.15) is 0 Å². The monoisotopic (exact) mass is 329 g/mol. The highest BCUT2D eigenvalue weighted by Gasteiger charge is 2.26. The second-order valence-corrected chi connectivity index (χ2v) is 5.00. The van der Waals surface area contributed by atoms with Gasteiger partial charge in [0, 0.05) is 29.2 Å². The van der Waals surface area contributed by atoms with E-state index in [2.05, 4.69) is 21.1 Å². The number of nitrogens with zero attached hydrogens (tertiary/aromatic N) is 3. The molecule has 19 heavy (non-hydrogen) atoms. The summed E-state index contributed by atoms with van der Waals surface area (Å²) in [6.07, 6.45) is 0. The number of hydrogen-bond donors (Lipinski definition) is 0. The highest BCUT2D eigenvalue weighted by molar-refractivity contribution is 9.10. The Morgan fingerprint density at radius 3 is 2.63 bits per heavy atom. The molecule has 0 N–H and O–H groups in total. The summed E-state index contributed by atoms with van der Waals surface area (Å²) in [5, 5.41) is 13.7. The standard InChI is InChI=1S/C11H12BrN3O4/c1-7-10(13-16)9(15(17)18)6-8(12)11(7)14-2-4-19-5-3-14/h6H,2-5H2,1H3. The fourth-order valence-electron chi connectivity index (χ4n) is 2.17. The zero-order valence-corrected chi connectivity index (χ0v) is 11.8. The molecule has 1 aromatic carbocycles. The molecule has 0 amide bonds. The molecule has 1 heterocycles. The van der Waals surface area contributed by atoms with E-state index in [0.29, 0.717) is 36.3 Å². The Balaban J connectivity index is 2.55. The van der Waals surface area contributed by atoms with Crippen molar-refractivity contribution in [2.24, 2.45) is 5.18 Å². The fraction of sp³-hybridized carbons (Fsp3) is 0.455. The molecule has 0 spiro atoms. The summed E-state index contributed by atoms with van der Waals surface area (Å²) in [5.74, 6) is 0. The first-order valence-electron chi connectivity index (χ1n) is 5.69. The van der Waals surface area contributed by atoms with Crippen molar-refractivity contribution >= 4 is 33.0 Å². The van der Waals surface area contributed by atoms with E-state index in [1.165, 1.54) is 6.07 Å². The van der Waals surface area contributed by atoms with Crippen LogP contribution in [0.5, 0.6) is 0 Å². The minimum atomic E-state index is -0.600. The quantitative estimate of drug-likeness (QED) is 0.483. The summed E-state index contributed by atoms with van der Waals surface area (Å²) < 4.78 is 5.86. The highest BCUT2D eigenvalue weighted by Crippen LogP contribution is 2.42. The SMILES string of the molecule is Cc1c(N=O)c([N+](=O)[O-])cc(Br)c1N1CCOCC1. The maximum Gasteiger partial charge on any atom is 0.299 e. The van der Waals surface area contributed by atoms with Crippen LogP contribution < -0.4 is 4.90 Å². The minimum Gasteiger partial charge on any atom is -0.378 e. The number of hydrogen-bond acceptors (Lipinski definition) is 6. The van der Waals surface area contributed by atoms with Crippen LogP contribution in [0.25, 0.3) is 0 Å². The first-order valence-corrected chi connectivity index (χ1v) is 6.49. The number of benzene rings is 1. The van der Waals surface area contributed by atoms with E-state index < -0.39 is 4.92 Å². The average molecular weight is 330 g/mol. The number of nitro benzene ring substituents is 1. The van der Waals surface area contributed by atoms with Crippen LogP contribution in [0.4, 0.5) is 17.1 Å². The third-order valence-electron chi connectivity index (χ3n) is 3.06. The lowest BCUT2D eigenvalue weighted by molar-refractivity contribution is -0.384. The van der Waals surface area contributed by atoms with Crippen molar-refractivity contribution in [3.8, 4) is 0 Å². The van der Waals surface area contributed by atoms with Crippen molar-refractivity contribution in [1.82, 2.24) is 0 Å². The Morgan fingerprint density at radius 1 is 1.47 bits per heavy atom. The summed E-state index contributed by atoms with van der Waals surface area (Å²) >= 11 is 3.33. The van der Waals surface area contributed by atoms with Gasteiger partial charge in [0.2, 0.25) is 0 Å². The lowest BCUT2D eigenvalue weighted by Gasteiger charge is -2.31. The molecule has 0 aliphatic carbocycles. The number of morpholine rings is 1. The number of halogens is 1. The first kappa shape index (κ1) is 13.9. The third-order valence-corrected chi connectivity index (χ3v) is 3.66. The fourth-order valence-corrected chi connectivity index (χ4v) is 2.93. The van der Waals surface area contributed by atoms with Gasteiger partial charge in [0.25, 0.3) is 5.69 Å². The molecular formula is C11H12BrN3O4. The summed E-state index contributed by atoms with van der Waals surface area (Å²) in [4.78, 5) is 23.2. The Hall–Kier alpha value is -1.54. The van der Waals surface area contributed by atoms with Crippen molar-refractivity contribution in [3.05, 3.63) is 31.1 Å². The molecule has 1 fully saturated rings. The maximum absolute atomic E-state index is 10.9. The number of rotatable bonds is 3. The normalized spacial score (nSPS) is 15.4. The smallest absolute Gasteiger partial charge is 0.299 e. The molecule has 0 atom stereocenters. The summed E-state index contributed by atoms with van der Waals surface area (Å²) in [6, 6.07) is 1.33. The molecule has 1 aliphatic rings. The van der Waals surface area contributed by atoms with Gasteiger partial charge >= 0.3 is 0 Å². The van der Waals surface area contributed by atoms with Crippen molar-refractivity contribution in [3.63, 3.8) is 0 Å². The van der Waals surface area contributed by atoms with E-state index in [1.54, 1.807) is 6.92 Å². The van der Waals surface area contributed by atoms with Crippen molar-refractivity contribution in [2.45, 2.75) is 6.92 Å². The van der Waals surface area contributed by atoms with Crippen LogP contribution in [0.3, 0.4) is 0 Å². The van der Waals surface area contributed by atoms with E-state index in [1.807, 2.05) is 4.90 Å². The lowest BCUT2D eigenvalue weighted by Crippen LogP contribution is -2.36. The Bertz CT molecular complexity index is 529. The van der Waals surface area contributed by atoms with E-state index in [9.17, 15) is 15.0 Å². The van der Waals surface area contributed by atoms with Gasteiger partial charge in [-0.05, 0) is 28.0 Å². The highest BCUT2D eigenvalue weighted by atomic mass is 79.9. The van der Waals surface area contributed by atoms with Gasteiger partial charge < -0.3 is 9.64 Å². The second-order valence-electron chi connectivity index (χ2n) is 4.15. The lowest BCUT2D eigenvalue weighted by atomic mass is 10.1. The Labute approximate surface area is 117 Å². The molecule has 0 aromatic heterocycles. The van der Waals surface area contributed by atoms with E-state index in [0.717, 1.165) is 5.69 Å². The maximum atomic E-state index is 10.9. The molecule has 0 saturated carbocycles. The summed E-state index contributed by atoms with van der Waals surface area (Å²) in [5.41, 5.74) is 0.882. The van der Waals surface area contributed by atoms with Crippen LogP contribution in [0, 0.1) is 21.9 Å². The molecule has 1 aliphatic heterocycles. The Morgan fingerprint density at radius 2 is 2.11 bits per heavy atom. The third kappa shape index (κ3) is 2.59. The van der Waals surface area contributed by atoms with Gasteiger partial charge in [0.05, 0.1) is 23.8 Å². The van der Waals surface area contributed by atoms with Gasteiger partial charge in [-0.3, -0.25) is 10.1 Å². The summed E-state index contributed by atoms with van der Waals surface area (Å²) in [6.45, 7) is 4.20. The topological polar surface area (TPSA) is 85.0 Å². The zero-order valence-electron chi connectivity index (χ0n) is 10.3. The van der Waals surface area contributed by atoms with Crippen LogP contribution in [0.1, 0.15) is 5.56 Å². The van der Waals surface area contributed by atoms with Crippen molar-refractivity contribution < 1.29 is 9.66 Å². The van der Waals surface area contributed by atoms with E-state index >= 15 is 0 Å². The van der Waals surface area contributed by atoms with Gasteiger partial charge in [-0.15, -0.1) is 4.91 Å². The van der Waals surface area contributed by atoms with E-state index in [4.69, 9.17) is 4.74 Å². The zero-order chi connectivity index (χ0) is 14.0. The molecule has 2 rings (SSSR count). The largest absolute Gasteiger partial charge is 0.378 e. The predicted molar refractivity (Wildman–Crippen MR) is 74.0 cm³/mol. The number of nitro groups is 1. The molecule has 0 radical (unpaired) electrons. The molecule has 102 valence electrons. The molecule has 7 nitrogen and oxygen atoms in total. The molecule has 0 bridgehead atoms. The predicted octanol–water partition coefficient (Wildman–Crippen LogP) is 2.90. The summed E-state index contributed by atoms with van der Waals surface area (Å²) in [7, 11) is 0. The van der Waals surface area contributed by atoms with Crippen LogP contribution in [-0.2, 0) is 4.74 Å². The van der Waals surface area contributed by atoms with Crippen LogP contribution in [-0.4, -0.2) is 31.2 Å². The first-order chi connectivity index (χ1) is 9.06. The number of nitroso groups, excluding NO2 is 1. The van der Waals surface area contributed by atoms with Crippen molar-refractivity contribution in [2.75, 3.05) is 31.2 Å². The average Bonchev–Trinajstić information content (AvgIpc) is 2.39. The number of ether oxygens (including phenoxy) is 1.